The average Bonchev–Trinajstić information content (AvgIpc) is 3.00. The van der Waals surface area contributed by atoms with E-state index in [0.717, 1.165) is 49.5 Å². The molecular weight excluding hydrogens is 317 g/mol. The zero-order valence-corrected chi connectivity index (χ0v) is 15.5. The molecule has 0 atom stereocenters. The second-order valence-corrected chi connectivity index (χ2v) is 6.34. The lowest BCUT2D eigenvalue weighted by molar-refractivity contribution is 0.332. The Morgan fingerprint density at radius 1 is 1.24 bits per heavy atom. The van der Waals surface area contributed by atoms with E-state index >= 15 is 0 Å². The predicted octanol–water partition coefficient (Wildman–Crippen LogP) is 2.75. The number of fused-ring (bicyclic) bond motifs is 1. The van der Waals surface area contributed by atoms with Gasteiger partial charge in [0.15, 0.2) is 5.96 Å². The first-order valence-electron chi connectivity index (χ1n) is 9.02. The van der Waals surface area contributed by atoms with Crippen LogP contribution in [-0.2, 0) is 6.42 Å². The van der Waals surface area contributed by atoms with Gasteiger partial charge < -0.3 is 20.5 Å². The third kappa shape index (κ3) is 6.05. The van der Waals surface area contributed by atoms with Crippen LogP contribution in [0.4, 0.5) is 4.39 Å². The van der Waals surface area contributed by atoms with Crippen LogP contribution in [0.15, 0.2) is 29.4 Å². The molecule has 25 heavy (non-hydrogen) atoms. The van der Waals surface area contributed by atoms with Crippen LogP contribution in [0, 0.1) is 5.82 Å². The summed E-state index contributed by atoms with van der Waals surface area (Å²) in [6, 6.07) is 4.86. The number of guanidine groups is 1. The summed E-state index contributed by atoms with van der Waals surface area (Å²) in [7, 11) is 3.93. The van der Waals surface area contributed by atoms with Crippen molar-refractivity contribution in [3.05, 3.63) is 35.8 Å². The maximum Gasteiger partial charge on any atom is 0.191 e. The van der Waals surface area contributed by atoms with Gasteiger partial charge in [0, 0.05) is 43.8 Å². The third-order valence-electron chi connectivity index (χ3n) is 4.32. The van der Waals surface area contributed by atoms with Crippen molar-refractivity contribution in [1.29, 1.82) is 0 Å². The van der Waals surface area contributed by atoms with Gasteiger partial charge in [0.25, 0.3) is 0 Å². The zero-order valence-electron chi connectivity index (χ0n) is 15.5. The molecule has 0 amide bonds. The van der Waals surface area contributed by atoms with E-state index in [9.17, 15) is 4.39 Å². The van der Waals surface area contributed by atoms with Gasteiger partial charge in [0.05, 0.1) is 0 Å². The smallest absolute Gasteiger partial charge is 0.191 e. The maximum atomic E-state index is 13.2. The number of rotatable bonds is 9. The first kappa shape index (κ1) is 19.2. The molecule has 2 rings (SSSR count). The molecule has 138 valence electrons. The first-order chi connectivity index (χ1) is 12.1. The summed E-state index contributed by atoms with van der Waals surface area (Å²) < 4.78 is 13.2. The number of hydrogen-bond acceptors (Lipinski definition) is 2. The topological polar surface area (TPSA) is 55.4 Å². The Hall–Kier alpha value is -2.08. The number of benzene rings is 1. The molecule has 2 aromatic rings. The standard InChI is InChI=1S/C19H30FN5/c1-4-5-11-25(3)12-10-23-19(21-2)22-9-8-15-14-24-18-13-16(20)6-7-17(15)18/h6-7,13-14,24H,4-5,8-12H2,1-3H3,(H2,21,22,23). The van der Waals surface area contributed by atoms with Gasteiger partial charge in [0.1, 0.15) is 5.82 Å². The van der Waals surface area contributed by atoms with Crippen molar-refractivity contribution in [2.75, 3.05) is 40.3 Å². The molecule has 1 aromatic heterocycles. The van der Waals surface area contributed by atoms with Crippen molar-refractivity contribution in [1.82, 2.24) is 20.5 Å². The number of likely N-dealkylation sites (N-methyl/N-ethyl adjacent to an activating group) is 1. The van der Waals surface area contributed by atoms with Gasteiger partial charge in [-0.3, -0.25) is 4.99 Å². The van der Waals surface area contributed by atoms with Gasteiger partial charge >= 0.3 is 0 Å². The van der Waals surface area contributed by atoms with E-state index in [1.54, 1.807) is 7.05 Å². The average molecular weight is 347 g/mol. The number of unbranched alkanes of at least 4 members (excludes halogenated alkanes) is 1. The SMILES string of the molecule is CCCCN(C)CCNC(=NC)NCCc1c[nH]c2cc(F)ccc12. The molecule has 0 aliphatic carbocycles. The molecule has 5 nitrogen and oxygen atoms in total. The van der Waals surface area contributed by atoms with Crippen molar-refractivity contribution in [2.45, 2.75) is 26.2 Å². The zero-order chi connectivity index (χ0) is 18.1. The highest BCUT2D eigenvalue weighted by Gasteiger charge is 2.05. The summed E-state index contributed by atoms with van der Waals surface area (Å²) in [5, 5.41) is 7.75. The lowest BCUT2D eigenvalue weighted by Gasteiger charge is -2.17. The second kappa shape index (κ2) is 10.0. The van der Waals surface area contributed by atoms with Crippen molar-refractivity contribution < 1.29 is 4.39 Å². The van der Waals surface area contributed by atoms with Crippen LogP contribution >= 0.6 is 0 Å². The number of aromatic nitrogens is 1. The maximum absolute atomic E-state index is 13.2. The van der Waals surface area contributed by atoms with E-state index in [-0.39, 0.29) is 5.82 Å². The minimum absolute atomic E-state index is 0.215. The molecule has 0 unspecified atom stereocenters. The van der Waals surface area contributed by atoms with E-state index < -0.39 is 0 Å². The number of nitrogens with one attached hydrogen (secondary N) is 3. The van der Waals surface area contributed by atoms with Crippen molar-refractivity contribution in [3.63, 3.8) is 0 Å². The normalized spacial score (nSPS) is 12.1. The van der Waals surface area contributed by atoms with Crippen LogP contribution in [-0.4, -0.2) is 56.1 Å². The van der Waals surface area contributed by atoms with Crippen LogP contribution < -0.4 is 10.6 Å². The molecule has 0 saturated carbocycles. The highest BCUT2D eigenvalue weighted by Crippen LogP contribution is 2.19. The number of aromatic amines is 1. The summed E-state index contributed by atoms with van der Waals surface area (Å²) in [6.07, 6.45) is 5.26. The van der Waals surface area contributed by atoms with Crippen LogP contribution in [0.5, 0.6) is 0 Å². The molecular formula is C19H30FN5. The Bertz CT molecular complexity index is 680. The van der Waals surface area contributed by atoms with Crippen molar-refractivity contribution >= 4 is 16.9 Å². The Morgan fingerprint density at radius 2 is 2.04 bits per heavy atom. The molecule has 0 spiro atoms. The van der Waals surface area contributed by atoms with Gasteiger partial charge in [-0.1, -0.05) is 13.3 Å². The van der Waals surface area contributed by atoms with Gasteiger partial charge in [-0.15, -0.1) is 0 Å². The molecule has 0 bridgehead atoms. The summed E-state index contributed by atoms with van der Waals surface area (Å²) in [5.74, 6) is 0.599. The molecule has 6 heteroatoms. The van der Waals surface area contributed by atoms with Crippen LogP contribution in [0.1, 0.15) is 25.3 Å². The van der Waals surface area contributed by atoms with Gasteiger partial charge in [-0.2, -0.15) is 0 Å². The highest BCUT2D eigenvalue weighted by atomic mass is 19.1. The molecule has 3 N–H and O–H groups in total. The lowest BCUT2D eigenvalue weighted by atomic mass is 10.1. The minimum atomic E-state index is -0.215. The molecule has 0 radical (unpaired) electrons. The van der Waals surface area contributed by atoms with Crippen molar-refractivity contribution in [2.24, 2.45) is 4.99 Å². The fourth-order valence-electron chi connectivity index (χ4n) is 2.81. The van der Waals surface area contributed by atoms with Gasteiger partial charge in [0.2, 0.25) is 0 Å². The van der Waals surface area contributed by atoms with E-state index in [1.807, 2.05) is 12.3 Å². The summed E-state index contributed by atoms with van der Waals surface area (Å²) in [4.78, 5) is 9.71. The molecule has 1 aromatic carbocycles. The summed E-state index contributed by atoms with van der Waals surface area (Å²) in [6.45, 7) is 5.98. The largest absolute Gasteiger partial charge is 0.361 e. The minimum Gasteiger partial charge on any atom is -0.361 e. The third-order valence-corrected chi connectivity index (χ3v) is 4.32. The number of nitrogens with zero attached hydrogens (tertiary/aromatic N) is 2. The van der Waals surface area contributed by atoms with E-state index in [2.05, 4.69) is 39.5 Å². The molecule has 0 aliphatic rings. The van der Waals surface area contributed by atoms with Gasteiger partial charge in [-0.05, 0) is 50.2 Å². The van der Waals surface area contributed by atoms with Crippen molar-refractivity contribution in [3.8, 4) is 0 Å². The first-order valence-corrected chi connectivity index (χ1v) is 9.02. The lowest BCUT2D eigenvalue weighted by Crippen LogP contribution is -2.41. The molecule has 1 heterocycles. The van der Waals surface area contributed by atoms with Crippen LogP contribution in [0.25, 0.3) is 10.9 Å². The van der Waals surface area contributed by atoms with Gasteiger partial charge in [-0.25, -0.2) is 4.39 Å². The Morgan fingerprint density at radius 3 is 2.80 bits per heavy atom. The predicted molar refractivity (Wildman–Crippen MR) is 104 cm³/mol. The van der Waals surface area contributed by atoms with E-state index in [0.29, 0.717) is 0 Å². The fourth-order valence-corrected chi connectivity index (χ4v) is 2.81. The van der Waals surface area contributed by atoms with Crippen LogP contribution in [0.2, 0.25) is 0 Å². The molecule has 0 saturated heterocycles. The number of halogens is 1. The van der Waals surface area contributed by atoms with E-state index in [1.165, 1.54) is 30.5 Å². The fraction of sp³-hybridized carbons (Fsp3) is 0.526. The second-order valence-electron chi connectivity index (χ2n) is 6.34. The molecule has 0 fully saturated rings. The Balaban J connectivity index is 1.73. The number of aliphatic imine (C=N–C) groups is 1. The monoisotopic (exact) mass is 347 g/mol. The quantitative estimate of drug-likeness (QED) is 0.483. The van der Waals surface area contributed by atoms with E-state index in [4.69, 9.17) is 0 Å². The highest BCUT2D eigenvalue weighted by molar-refractivity contribution is 5.83. The summed E-state index contributed by atoms with van der Waals surface area (Å²) in [5.41, 5.74) is 2.02. The Kier molecular flexibility index (Phi) is 7.73. The Labute approximate surface area is 149 Å². The molecule has 0 aliphatic heterocycles. The van der Waals surface area contributed by atoms with Crippen LogP contribution in [0.3, 0.4) is 0 Å². The summed E-state index contributed by atoms with van der Waals surface area (Å²) >= 11 is 0. The number of H-pyrrole nitrogens is 1. The number of hydrogen-bond donors (Lipinski definition) is 3.